The minimum absolute atomic E-state index is 0.218. The van der Waals surface area contributed by atoms with Gasteiger partial charge in [0, 0.05) is 25.5 Å². The van der Waals surface area contributed by atoms with Crippen molar-refractivity contribution in [3.05, 3.63) is 109 Å². The standard InChI is InChI=1S/C28H24FN3O4/c1-31-20(15-24(33)32(2)28(31)35)16-36-27(34)25-21-7-3-4-9-23(21)30-26-18(6-5-8-22(25)26)14-17-10-12-19(29)13-11-17/h3-4,7,9-15H,5-6,8,16H2,1-2H3/b18-14+. The molecule has 0 unspecified atom stereocenters. The summed E-state index contributed by atoms with van der Waals surface area (Å²) < 4.78 is 21.3. The van der Waals surface area contributed by atoms with E-state index in [2.05, 4.69) is 0 Å². The molecule has 1 aliphatic rings. The minimum Gasteiger partial charge on any atom is -0.456 e. The number of ether oxygens (including phenoxy) is 1. The van der Waals surface area contributed by atoms with Gasteiger partial charge in [0.1, 0.15) is 12.4 Å². The van der Waals surface area contributed by atoms with E-state index in [1.165, 1.54) is 36.9 Å². The number of benzene rings is 2. The van der Waals surface area contributed by atoms with Gasteiger partial charge in [0.05, 0.1) is 22.5 Å². The zero-order valence-corrected chi connectivity index (χ0v) is 20.0. The van der Waals surface area contributed by atoms with Crippen molar-refractivity contribution in [1.29, 1.82) is 0 Å². The maximum Gasteiger partial charge on any atom is 0.339 e. The topological polar surface area (TPSA) is 83.2 Å². The molecule has 2 heterocycles. The minimum atomic E-state index is -0.541. The Balaban J connectivity index is 1.57. The number of halogens is 1. The van der Waals surface area contributed by atoms with Crippen molar-refractivity contribution in [2.24, 2.45) is 14.1 Å². The summed E-state index contributed by atoms with van der Waals surface area (Å²) in [5.74, 6) is -0.842. The molecular formula is C28H24FN3O4. The molecule has 1 aliphatic carbocycles. The maximum absolute atomic E-state index is 13.5. The third-order valence-corrected chi connectivity index (χ3v) is 6.56. The Morgan fingerprint density at radius 3 is 2.58 bits per heavy atom. The predicted octanol–water partition coefficient (Wildman–Crippen LogP) is 4.01. The van der Waals surface area contributed by atoms with E-state index in [1.54, 1.807) is 12.1 Å². The molecule has 5 rings (SSSR count). The molecule has 0 aliphatic heterocycles. The Morgan fingerprint density at radius 1 is 1.06 bits per heavy atom. The average Bonchev–Trinajstić information content (AvgIpc) is 2.88. The Hall–Kier alpha value is -4.33. The fraction of sp³-hybridized carbons (Fsp3) is 0.214. The second-order valence-corrected chi connectivity index (χ2v) is 8.86. The van der Waals surface area contributed by atoms with Gasteiger partial charge in [0.2, 0.25) is 0 Å². The summed E-state index contributed by atoms with van der Waals surface area (Å²) in [6.07, 6.45) is 4.23. The van der Waals surface area contributed by atoms with E-state index >= 15 is 0 Å². The summed E-state index contributed by atoms with van der Waals surface area (Å²) in [6.45, 7) is -0.218. The Kier molecular flexibility index (Phi) is 6.10. The van der Waals surface area contributed by atoms with Gasteiger partial charge in [0.25, 0.3) is 5.56 Å². The quantitative estimate of drug-likeness (QED) is 0.408. The molecule has 0 spiro atoms. The van der Waals surface area contributed by atoms with Crippen LogP contribution in [0.5, 0.6) is 0 Å². The number of nitrogens with zero attached hydrogens (tertiary/aromatic N) is 3. The van der Waals surface area contributed by atoms with Gasteiger partial charge in [-0.15, -0.1) is 0 Å². The first kappa shape index (κ1) is 23.4. The smallest absolute Gasteiger partial charge is 0.339 e. The molecule has 0 saturated carbocycles. The lowest BCUT2D eigenvalue weighted by molar-refractivity contribution is 0.0463. The molecule has 8 heteroatoms. The summed E-state index contributed by atoms with van der Waals surface area (Å²) in [4.78, 5) is 42.7. The number of allylic oxidation sites excluding steroid dienone is 1. The number of pyridine rings is 1. The highest BCUT2D eigenvalue weighted by Crippen LogP contribution is 2.36. The molecule has 0 atom stereocenters. The summed E-state index contributed by atoms with van der Waals surface area (Å²) in [6, 6.07) is 14.9. The highest BCUT2D eigenvalue weighted by molar-refractivity contribution is 6.06. The Labute approximate surface area is 206 Å². The number of carbonyl (C=O) groups excluding carboxylic acids is 1. The highest BCUT2D eigenvalue weighted by atomic mass is 19.1. The first-order chi connectivity index (χ1) is 17.3. The Morgan fingerprint density at radius 2 is 1.81 bits per heavy atom. The van der Waals surface area contributed by atoms with E-state index in [-0.39, 0.29) is 12.4 Å². The predicted molar refractivity (Wildman–Crippen MR) is 135 cm³/mol. The van der Waals surface area contributed by atoms with E-state index in [4.69, 9.17) is 9.72 Å². The number of esters is 1. The molecule has 0 radical (unpaired) electrons. The lowest BCUT2D eigenvalue weighted by atomic mass is 9.86. The monoisotopic (exact) mass is 485 g/mol. The molecular weight excluding hydrogens is 461 g/mol. The lowest BCUT2D eigenvalue weighted by Crippen LogP contribution is -2.38. The largest absolute Gasteiger partial charge is 0.456 e. The van der Waals surface area contributed by atoms with Crippen LogP contribution in [0.25, 0.3) is 22.6 Å². The lowest BCUT2D eigenvalue weighted by Gasteiger charge is -2.22. The molecule has 2 aromatic carbocycles. The van der Waals surface area contributed by atoms with Crippen LogP contribution >= 0.6 is 0 Å². The van der Waals surface area contributed by atoms with E-state index in [0.29, 0.717) is 28.6 Å². The fourth-order valence-electron chi connectivity index (χ4n) is 4.60. The van der Waals surface area contributed by atoms with Crippen LogP contribution in [0.1, 0.15) is 45.7 Å². The molecule has 2 aromatic heterocycles. The fourth-order valence-corrected chi connectivity index (χ4v) is 4.60. The van der Waals surface area contributed by atoms with Crippen molar-refractivity contribution in [2.45, 2.75) is 25.9 Å². The number of carbonyl (C=O) groups is 1. The Bertz CT molecular complexity index is 1650. The third kappa shape index (κ3) is 4.26. The number of para-hydroxylation sites is 1. The SMILES string of the molecule is Cn1c(COC(=O)c2c3c(nc4ccccc24)/C(=C/c2ccc(F)cc2)CCC3)cc(=O)n(C)c1=O. The van der Waals surface area contributed by atoms with Crippen molar-refractivity contribution in [2.75, 3.05) is 0 Å². The van der Waals surface area contributed by atoms with Crippen LogP contribution in [0.15, 0.2) is 64.2 Å². The first-order valence-corrected chi connectivity index (χ1v) is 11.6. The van der Waals surface area contributed by atoms with Crippen molar-refractivity contribution in [3.63, 3.8) is 0 Å². The summed E-state index contributed by atoms with van der Waals surface area (Å²) in [5.41, 5.74) is 3.81. The van der Waals surface area contributed by atoms with Gasteiger partial charge >= 0.3 is 11.7 Å². The second-order valence-electron chi connectivity index (χ2n) is 8.86. The van der Waals surface area contributed by atoms with Crippen LogP contribution in [0, 0.1) is 5.82 Å². The number of hydrogen-bond acceptors (Lipinski definition) is 5. The molecule has 36 heavy (non-hydrogen) atoms. The van der Waals surface area contributed by atoms with E-state index in [9.17, 15) is 18.8 Å². The van der Waals surface area contributed by atoms with Gasteiger partial charge < -0.3 is 4.74 Å². The number of hydrogen-bond donors (Lipinski definition) is 0. The summed E-state index contributed by atoms with van der Waals surface area (Å²) in [7, 11) is 2.92. The summed E-state index contributed by atoms with van der Waals surface area (Å²) >= 11 is 0. The van der Waals surface area contributed by atoms with Gasteiger partial charge in [-0.25, -0.2) is 19.0 Å². The van der Waals surface area contributed by atoms with Crippen LogP contribution in [0.2, 0.25) is 0 Å². The molecule has 0 bridgehead atoms. The second kappa shape index (κ2) is 9.37. The average molecular weight is 486 g/mol. The zero-order chi connectivity index (χ0) is 25.4. The normalized spacial score (nSPS) is 14.1. The van der Waals surface area contributed by atoms with Crippen molar-refractivity contribution >= 4 is 28.5 Å². The molecule has 0 N–H and O–H groups in total. The van der Waals surface area contributed by atoms with Gasteiger partial charge in [-0.1, -0.05) is 30.3 Å². The number of rotatable bonds is 4. The highest BCUT2D eigenvalue weighted by Gasteiger charge is 2.26. The van der Waals surface area contributed by atoms with Gasteiger partial charge in [-0.3, -0.25) is 13.9 Å². The third-order valence-electron chi connectivity index (χ3n) is 6.56. The maximum atomic E-state index is 13.5. The summed E-state index contributed by atoms with van der Waals surface area (Å²) in [5, 5.41) is 0.683. The van der Waals surface area contributed by atoms with Gasteiger partial charge in [-0.2, -0.15) is 0 Å². The van der Waals surface area contributed by atoms with Crippen molar-refractivity contribution in [3.8, 4) is 0 Å². The molecule has 4 aromatic rings. The molecule has 0 saturated heterocycles. The van der Waals surface area contributed by atoms with E-state index < -0.39 is 17.2 Å². The van der Waals surface area contributed by atoms with Crippen LogP contribution in [0.3, 0.4) is 0 Å². The van der Waals surface area contributed by atoms with E-state index in [0.717, 1.165) is 39.8 Å². The zero-order valence-electron chi connectivity index (χ0n) is 20.0. The van der Waals surface area contributed by atoms with Crippen LogP contribution < -0.4 is 11.2 Å². The first-order valence-electron chi connectivity index (χ1n) is 11.6. The van der Waals surface area contributed by atoms with Gasteiger partial charge in [-0.05, 0) is 60.2 Å². The van der Waals surface area contributed by atoms with E-state index in [1.807, 2.05) is 30.3 Å². The number of aromatic nitrogens is 3. The molecule has 7 nitrogen and oxygen atoms in total. The molecule has 182 valence electrons. The van der Waals surface area contributed by atoms with Gasteiger partial charge in [0.15, 0.2) is 0 Å². The van der Waals surface area contributed by atoms with Crippen molar-refractivity contribution < 1.29 is 13.9 Å². The van der Waals surface area contributed by atoms with Crippen LogP contribution in [0.4, 0.5) is 4.39 Å². The number of fused-ring (bicyclic) bond motifs is 2. The van der Waals surface area contributed by atoms with Crippen molar-refractivity contribution in [1.82, 2.24) is 14.1 Å². The molecule has 0 amide bonds. The molecule has 0 fully saturated rings. The van der Waals surface area contributed by atoms with Crippen LogP contribution in [-0.4, -0.2) is 20.1 Å². The van der Waals surface area contributed by atoms with Crippen LogP contribution in [-0.2, 0) is 31.9 Å².